The Balaban J connectivity index is 0.00000320. The molecule has 0 unspecified atom stereocenters. The van der Waals surface area contributed by atoms with Crippen LogP contribution < -0.4 is 10.2 Å². The lowest BCUT2D eigenvalue weighted by molar-refractivity contribution is 0.270. The fraction of sp³-hybridized carbons (Fsp3) is 0.571. The Morgan fingerprint density at radius 3 is 2.57 bits per heavy atom. The lowest BCUT2D eigenvalue weighted by Gasteiger charge is -2.34. The molecule has 0 radical (unpaired) electrons. The number of likely N-dealkylation sites (N-methyl/N-ethyl adjacent to an activating group) is 1. The van der Waals surface area contributed by atoms with Crippen LogP contribution in [0.2, 0.25) is 0 Å². The Morgan fingerprint density at radius 1 is 1.23 bits per heavy atom. The van der Waals surface area contributed by atoms with Crippen molar-refractivity contribution in [2.45, 2.75) is 33.9 Å². The number of aliphatic imine (C=N–C) groups is 1. The van der Waals surface area contributed by atoms with Gasteiger partial charge in [-0.1, -0.05) is 13.0 Å². The summed E-state index contributed by atoms with van der Waals surface area (Å²) in [4.78, 5) is 21.0. The first-order valence-electron chi connectivity index (χ1n) is 10.4. The van der Waals surface area contributed by atoms with Crippen LogP contribution in [0, 0.1) is 6.92 Å². The van der Waals surface area contributed by atoms with Crippen LogP contribution in [-0.2, 0) is 13.1 Å². The highest BCUT2D eigenvalue weighted by Crippen LogP contribution is 2.15. The van der Waals surface area contributed by atoms with E-state index in [0.29, 0.717) is 6.54 Å². The number of aryl methyl sites for hydroxylation is 1. The topological polar surface area (TPSA) is 59.9 Å². The number of rotatable bonds is 7. The average Bonchev–Trinajstić information content (AvgIpc) is 3.16. The van der Waals surface area contributed by atoms with Crippen LogP contribution in [0.4, 0.5) is 5.82 Å². The Bertz CT molecular complexity index is 785. The minimum Gasteiger partial charge on any atom is -0.357 e. The first kappa shape index (κ1) is 24.8. The van der Waals surface area contributed by atoms with Crippen molar-refractivity contribution >= 4 is 47.1 Å². The number of anilines is 1. The van der Waals surface area contributed by atoms with E-state index in [1.165, 1.54) is 0 Å². The van der Waals surface area contributed by atoms with Gasteiger partial charge in [-0.25, -0.2) is 15.0 Å². The molecule has 0 bridgehead atoms. The van der Waals surface area contributed by atoms with Gasteiger partial charge in [0.05, 0.1) is 23.8 Å². The van der Waals surface area contributed by atoms with Gasteiger partial charge < -0.3 is 20.0 Å². The fourth-order valence-electron chi connectivity index (χ4n) is 3.43. The molecule has 1 saturated heterocycles. The van der Waals surface area contributed by atoms with Crippen molar-refractivity contribution in [2.75, 3.05) is 51.2 Å². The second kappa shape index (κ2) is 12.4. The maximum Gasteiger partial charge on any atom is 0.194 e. The van der Waals surface area contributed by atoms with Crippen molar-refractivity contribution in [1.82, 2.24) is 25.1 Å². The average molecular weight is 544 g/mol. The van der Waals surface area contributed by atoms with Crippen LogP contribution in [0.25, 0.3) is 0 Å². The van der Waals surface area contributed by atoms with E-state index in [4.69, 9.17) is 4.99 Å². The number of piperazine rings is 1. The van der Waals surface area contributed by atoms with Gasteiger partial charge in [-0.2, -0.15) is 0 Å². The number of nitrogens with zero attached hydrogens (tertiary/aromatic N) is 6. The number of guanidine groups is 1. The molecule has 1 aliphatic heterocycles. The van der Waals surface area contributed by atoms with Crippen molar-refractivity contribution in [3.63, 3.8) is 0 Å². The highest BCUT2D eigenvalue weighted by Gasteiger charge is 2.16. The largest absolute Gasteiger partial charge is 0.357 e. The molecule has 166 valence electrons. The number of aromatic nitrogens is 2. The summed E-state index contributed by atoms with van der Waals surface area (Å²) in [7, 11) is 2.05. The molecular formula is C21H34IN7S. The molecule has 9 heteroatoms. The molecule has 1 aliphatic rings. The van der Waals surface area contributed by atoms with Gasteiger partial charge in [-0.3, -0.25) is 0 Å². The van der Waals surface area contributed by atoms with Gasteiger partial charge in [-0.15, -0.1) is 35.3 Å². The SMILES string of the molecule is CCNC(=NCc1ccc(N2CCN(CC)CC2)nc1)N(C)Cc1csc(C)n1.I. The van der Waals surface area contributed by atoms with E-state index in [-0.39, 0.29) is 24.0 Å². The fourth-order valence-corrected chi connectivity index (χ4v) is 4.03. The Morgan fingerprint density at radius 2 is 2.00 bits per heavy atom. The molecule has 0 atom stereocenters. The molecule has 2 aromatic heterocycles. The molecule has 1 N–H and O–H groups in total. The third-order valence-electron chi connectivity index (χ3n) is 5.13. The molecule has 7 nitrogen and oxygen atoms in total. The highest BCUT2D eigenvalue weighted by atomic mass is 127. The molecule has 2 aromatic rings. The third kappa shape index (κ3) is 7.05. The van der Waals surface area contributed by atoms with Crippen LogP contribution in [0.15, 0.2) is 28.7 Å². The van der Waals surface area contributed by atoms with Crippen LogP contribution in [0.1, 0.15) is 30.1 Å². The smallest absolute Gasteiger partial charge is 0.194 e. The number of hydrogen-bond acceptors (Lipinski definition) is 6. The summed E-state index contributed by atoms with van der Waals surface area (Å²) in [6, 6.07) is 4.27. The Labute approximate surface area is 201 Å². The van der Waals surface area contributed by atoms with E-state index in [0.717, 1.165) is 73.9 Å². The van der Waals surface area contributed by atoms with Crippen LogP contribution in [0.3, 0.4) is 0 Å². The van der Waals surface area contributed by atoms with Crippen molar-refractivity contribution in [1.29, 1.82) is 0 Å². The quantitative estimate of drug-likeness (QED) is 0.329. The Kier molecular flexibility index (Phi) is 10.3. The number of thiazole rings is 1. The normalized spacial score (nSPS) is 15.1. The van der Waals surface area contributed by atoms with Crippen molar-refractivity contribution in [3.05, 3.63) is 40.0 Å². The number of nitrogens with one attached hydrogen (secondary N) is 1. The third-order valence-corrected chi connectivity index (χ3v) is 5.95. The van der Waals surface area contributed by atoms with Crippen LogP contribution in [-0.4, -0.2) is 72.0 Å². The molecule has 3 rings (SSSR count). The summed E-state index contributed by atoms with van der Waals surface area (Å²) in [6.07, 6.45) is 1.96. The maximum atomic E-state index is 4.80. The summed E-state index contributed by atoms with van der Waals surface area (Å²) >= 11 is 1.68. The van der Waals surface area contributed by atoms with Gasteiger partial charge >= 0.3 is 0 Å². The maximum absolute atomic E-state index is 4.80. The van der Waals surface area contributed by atoms with Gasteiger partial charge in [0.25, 0.3) is 0 Å². The van der Waals surface area contributed by atoms with Crippen molar-refractivity contribution in [3.8, 4) is 0 Å². The number of hydrogen-bond donors (Lipinski definition) is 1. The second-order valence-corrected chi connectivity index (χ2v) is 8.39. The van der Waals surface area contributed by atoms with Gasteiger partial charge in [0.15, 0.2) is 5.96 Å². The lowest BCUT2D eigenvalue weighted by Crippen LogP contribution is -2.46. The summed E-state index contributed by atoms with van der Waals surface area (Å²) in [5.41, 5.74) is 2.20. The van der Waals surface area contributed by atoms with Crippen molar-refractivity contribution < 1.29 is 0 Å². The van der Waals surface area contributed by atoms with Gasteiger partial charge in [-0.05, 0) is 32.0 Å². The first-order chi connectivity index (χ1) is 14.1. The molecule has 0 spiro atoms. The molecular weight excluding hydrogens is 509 g/mol. The molecule has 0 aromatic carbocycles. The Hall–Kier alpha value is -1.46. The van der Waals surface area contributed by atoms with E-state index in [2.05, 4.69) is 61.3 Å². The van der Waals surface area contributed by atoms with Crippen molar-refractivity contribution in [2.24, 2.45) is 4.99 Å². The van der Waals surface area contributed by atoms with Gasteiger partial charge in [0.1, 0.15) is 5.82 Å². The predicted molar refractivity (Wildman–Crippen MR) is 137 cm³/mol. The molecule has 0 saturated carbocycles. The highest BCUT2D eigenvalue weighted by molar-refractivity contribution is 14.0. The first-order valence-corrected chi connectivity index (χ1v) is 11.3. The van der Waals surface area contributed by atoms with Crippen LogP contribution >= 0.6 is 35.3 Å². The minimum atomic E-state index is 0. The van der Waals surface area contributed by atoms with E-state index in [1.54, 1.807) is 11.3 Å². The minimum absolute atomic E-state index is 0. The number of halogens is 1. The lowest BCUT2D eigenvalue weighted by atomic mass is 10.2. The monoisotopic (exact) mass is 543 g/mol. The number of pyridine rings is 1. The van der Waals surface area contributed by atoms with E-state index in [9.17, 15) is 0 Å². The zero-order chi connectivity index (χ0) is 20.6. The summed E-state index contributed by atoms with van der Waals surface area (Å²) < 4.78 is 0. The van der Waals surface area contributed by atoms with Crippen LogP contribution in [0.5, 0.6) is 0 Å². The summed E-state index contributed by atoms with van der Waals surface area (Å²) in [5, 5.41) is 6.58. The molecule has 30 heavy (non-hydrogen) atoms. The summed E-state index contributed by atoms with van der Waals surface area (Å²) in [6.45, 7) is 14.0. The standard InChI is InChI=1S/C21H33N7S.HI/c1-5-22-21(26(4)15-19-16-29-17(3)25-19)24-14-18-7-8-20(23-13-18)28-11-9-27(6-2)10-12-28;/h7-8,13,16H,5-6,9-12,14-15H2,1-4H3,(H,22,24);1H. The van der Waals surface area contributed by atoms with Gasteiger partial charge in [0.2, 0.25) is 0 Å². The van der Waals surface area contributed by atoms with Gasteiger partial charge in [0, 0.05) is 51.3 Å². The van der Waals surface area contributed by atoms with E-state index < -0.39 is 0 Å². The zero-order valence-corrected chi connectivity index (χ0v) is 21.6. The molecule has 0 aliphatic carbocycles. The molecule has 1 fully saturated rings. The molecule has 3 heterocycles. The zero-order valence-electron chi connectivity index (χ0n) is 18.5. The molecule has 0 amide bonds. The van der Waals surface area contributed by atoms with E-state index >= 15 is 0 Å². The predicted octanol–water partition coefficient (Wildman–Crippen LogP) is 3.20. The summed E-state index contributed by atoms with van der Waals surface area (Å²) in [5.74, 6) is 1.95. The second-order valence-electron chi connectivity index (χ2n) is 7.33. The van der Waals surface area contributed by atoms with E-state index in [1.807, 2.05) is 20.2 Å².